The lowest BCUT2D eigenvalue weighted by Gasteiger charge is -2.43. The lowest BCUT2D eigenvalue weighted by Crippen LogP contribution is -2.52. The number of anilines is 1. The molecular weight excluding hydrogens is 234 g/mol. The second kappa shape index (κ2) is 5.51. The van der Waals surface area contributed by atoms with Crippen molar-refractivity contribution in [3.05, 3.63) is 29.8 Å². The molecule has 0 spiro atoms. The van der Waals surface area contributed by atoms with Gasteiger partial charge in [0.1, 0.15) is 0 Å². The van der Waals surface area contributed by atoms with E-state index in [1.807, 2.05) is 0 Å². The summed E-state index contributed by atoms with van der Waals surface area (Å²) in [4.78, 5) is 4.72. The number of rotatable bonds is 3. The highest BCUT2D eigenvalue weighted by molar-refractivity contribution is 5.52. The molecule has 0 saturated carbocycles. The summed E-state index contributed by atoms with van der Waals surface area (Å²) < 4.78 is 0. The molecule has 19 heavy (non-hydrogen) atoms. The van der Waals surface area contributed by atoms with Crippen LogP contribution < -0.4 is 10.6 Å². The normalized spacial score (nSPS) is 23.3. The number of para-hydroxylation sites is 1. The van der Waals surface area contributed by atoms with Crippen molar-refractivity contribution < 1.29 is 0 Å². The summed E-state index contributed by atoms with van der Waals surface area (Å²) in [6.45, 7) is 7.76. The van der Waals surface area contributed by atoms with E-state index in [2.05, 4.69) is 62.0 Å². The predicted molar refractivity (Wildman–Crippen MR) is 82.4 cm³/mol. The van der Waals surface area contributed by atoms with E-state index >= 15 is 0 Å². The third kappa shape index (κ3) is 3.28. The van der Waals surface area contributed by atoms with E-state index < -0.39 is 0 Å². The molecule has 0 aliphatic carbocycles. The summed E-state index contributed by atoms with van der Waals surface area (Å²) >= 11 is 0. The van der Waals surface area contributed by atoms with Crippen molar-refractivity contribution in [3.63, 3.8) is 0 Å². The lowest BCUT2D eigenvalue weighted by molar-refractivity contribution is 0.0900. The zero-order valence-electron chi connectivity index (χ0n) is 12.7. The van der Waals surface area contributed by atoms with Gasteiger partial charge in [0.2, 0.25) is 0 Å². The average Bonchev–Trinajstić information content (AvgIpc) is 2.34. The fourth-order valence-electron chi connectivity index (χ4n) is 2.94. The number of nitrogens with two attached hydrogens (primary N) is 1. The molecule has 1 aromatic carbocycles. The summed E-state index contributed by atoms with van der Waals surface area (Å²) in [7, 11) is 4.21. The Morgan fingerprint density at radius 2 is 2.00 bits per heavy atom. The molecule has 0 radical (unpaired) electrons. The second-order valence-electron chi connectivity index (χ2n) is 6.62. The molecule has 1 unspecified atom stereocenters. The zero-order chi connectivity index (χ0) is 14.0. The quantitative estimate of drug-likeness (QED) is 0.906. The Morgan fingerprint density at radius 1 is 1.32 bits per heavy atom. The minimum Gasteiger partial charge on any atom is -0.377 e. The zero-order valence-corrected chi connectivity index (χ0v) is 12.7. The van der Waals surface area contributed by atoms with Gasteiger partial charge in [-0.25, -0.2) is 0 Å². The molecule has 0 aromatic heterocycles. The van der Waals surface area contributed by atoms with Crippen LogP contribution >= 0.6 is 0 Å². The molecule has 2 N–H and O–H groups in total. The van der Waals surface area contributed by atoms with Crippen molar-refractivity contribution in [1.82, 2.24) is 4.90 Å². The third-order valence-corrected chi connectivity index (χ3v) is 4.26. The smallest absolute Gasteiger partial charge is 0.0406 e. The van der Waals surface area contributed by atoms with E-state index in [4.69, 9.17) is 5.73 Å². The van der Waals surface area contributed by atoms with Gasteiger partial charge in [-0.3, -0.25) is 4.90 Å². The van der Waals surface area contributed by atoms with Crippen molar-refractivity contribution in [2.24, 2.45) is 11.1 Å². The lowest BCUT2D eigenvalue weighted by atomic mass is 9.79. The summed E-state index contributed by atoms with van der Waals surface area (Å²) in [5.41, 5.74) is 9.14. The Kier molecular flexibility index (Phi) is 4.16. The van der Waals surface area contributed by atoms with Crippen LogP contribution in [-0.2, 0) is 6.54 Å². The van der Waals surface area contributed by atoms with Gasteiger partial charge in [-0.05, 0) is 23.5 Å². The molecule has 106 valence electrons. The number of likely N-dealkylation sites (tertiary alicyclic amines) is 1. The maximum absolute atomic E-state index is 6.21. The van der Waals surface area contributed by atoms with Crippen LogP contribution in [0.1, 0.15) is 25.8 Å². The van der Waals surface area contributed by atoms with E-state index in [0.29, 0.717) is 6.04 Å². The van der Waals surface area contributed by atoms with E-state index in [0.717, 1.165) is 26.1 Å². The topological polar surface area (TPSA) is 32.5 Å². The molecular formula is C16H27N3. The van der Waals surface area contributed by atoms with Crippen molar-refractivity contribution >= 4 is 5.69 Å². The highest BCUT2D eigenvalue weighted by atomic mass is 15.2. The van der Waals surface area contributed by atoms with Crippen LogP contribution in [0.3, 0.4) is 0 Å². The average molecular weight is 261 g/mol. The minimum absolute atomic E-state index is 0.214. The van der Waals surface area contributed by atoms with Crippen molar-refractivity contribution in [2.75, 3.05) is 32.1 Å². The van der Waals surface area contributed by atoms with Crippen LogP contribution in [0.25, 0.3) is 0 Å². The largest absolute Gasteiger partial charge is 0.377 e. The molecule has 1 aliphatic rings. The van der Waals surface area contributed by atoms with Crippen molar-refractivity contribution in [2.45, 2.75) is 32.9 Å². The van der Waals surface area contributed by atoms with Gasteiger partial charge in [0.15, 0.2) is 0 Å². The SMILES string of the molecule is CN(C)c1ccccc1CN1CCC(N)C(C)(C)C1. The number of benzene rings is 1. The number of nitrogens with zero attached hydrogens (tertiary/aromatic N) is 2. The van der Waals surface area contributed by atoms with Crippen LogP contribution in [0.4, 0.5) is 5.69 Å². The Hall–Kier alpha value is -1.06. The van der Waals surface area contributed by atoms with Gasteiger partial charge >= 0.3 is 0 Å². The second-order valence-corrected chi connectivity index (χ2v) is 6.62. The van der Waals surface area contributed by atoms with Gasteiger partial charge < -0.3 is 10.6 Å². The van der Waals surface area contributed by atoms with Crippen LogP contribution in [0, 0.1) is 5.41 Å². The van der Waals surface area contributed by atoms with Gasteiger partial charge in [-0.1, -0.05) is 32.0 Å². The van der Waals surface area contributed by atoms with E-state index in [-0.39, 0.29) is 5.41 Å². The Bertz CT molecular complexity index is 426. The molecule has 1 aromatic rings. The van der Waals surface area contributed by atoms with E-state index in [1.165, 1.54) is 11.3 Å². The number of hydrogen-bond donors (Lipinski definition) is 1. The standard InChI is InChI=1S/C16H27N3/c1-16(2)12-19(10-9-15(16)17)11-13-7-5-6-8-14(13)18(3)4/h5-8,15H,9-12,17H2,1-4H3. The van der Waals surface area contributed by atoms with Crippen molar-refractivity contribution in [3.8, 4) is 0 Å². The van der Waals surface area contributed by atoms with Crippen molar-refractivity contribution in [1.29, 1.82) is 0 Å². The fraction of sp³-hybridized carbons (Fsp3) is 0.625. The summed E-state index contributed by atoms with van der Waals surface area (Å²) in [6, 6.07) is 8.98. The van der Waals surface area contributed by atoms with Gasteiger partial charge in [0, 0.05) is 45.5 Å². The maximum atomic E-state index is 6.21. The first-order chi connectivity index (χ1) is 8.90. The van der Waals surface area contributed by atoms with Crippen LogP contribution in [0.5, 0.6) is 0 Å². The molecule has 3 heteroatoms. The third-order valence-electron chi connectivity index (χ3n) is 4.26. The van der Waals surface area contributed by atoms with Crippen LogP contribution in [0.2, 0.25) is 0 Å². The number of piperidine rings is 1. The highest BCUT2D eigenvalue weighted by Gasteiger charge is 2.33. The summed E-state index contributed by atoms with van der Waals surface area (Å²) in [5.74, 6) is 0. The van der Waals surface area contributed by atoms with Gasteiger partial charge in [-0.2, -0.15) is 0 Å². The van der Waals surface area contributed by atoms with Crippen LogP contribution in [-0.4, -0.2) is 38.1 Å². The van der Waals surface area contributed by atoms with E-state index in [9.17, 15) is 0 Å². The fourth-order valence-corrected chi connectivity index (χ4v) is 2.94. The molecule has 1 atom stereocenters. The molecule has 1 fully saturated rings. The Morgan fingerprint density at radius 3 is 2.63 bits per heavy atom. The first kappa shape index (κ1) is 14.4. The summed E-state index contributed by atoms with van der Waals surface area (Å²) in [6.07, 6.45) is 1.09. The predicted octanol–water partition coefficient (Wildman–Crippen LogP) is 2.31. The van der Waals surface area contributed by atoms with Gasteiger partial charge in [0.25, 0.3) is 0 Å². The first-order valence-corrected chi connectivity index (χ1v) is 7.13. The van der Waals surface area contributed by atoms with Crippen LogP contribution in [0.15, 0.2) is 24.3 Å². The van der Waals surface area contributed by atoms with Gasteiger partial charge in [0.05, 0.1) is 0 Å². The number of hydrogen-bond acceptors (Lipinski definition) is 3. The van der Waals surface area contributed by atoms with Gasteiger partial charge in [-0.15, -0.1) is 0 Å². The molecule has 3 nitrogen and oxygen atoms in total. The molecule has 2 rings (SSSR count). The molecule has 1 aliphatic heterocycles. The maximum Gasteiger partial charge on any atom is 0.0406 e. The first-order valence-electron chi connectivity index (χ1n) is 7.13. The molecule has 1 heterocycles. The monoisotopic (exact) mass is 261 g/mol. The van der Waals surface area contributed by atoms with E-state index in [1.54, 1.807) is 0 Å². The molecule has 0 bridgehead atoms. The minimum atomic E-state index is 0.214. The Labute approximate surface area is 117 Å². The molecule has 0 amide bonds. The molecule has 1 saturated heterocycles. The summed E-state index contributed by atoms with van der Waals surface area (Å²) in [5, 5.41) is 0. The Balaban J connectivity index is 2.10. The highest BCUT2D eigenvalue weighted by Crippen LogP contribution is 2.29.